The number of hydrogen-bond acceptors (Lipinski definition) is 6. The average Bonchev–Trinajstić information content (AvgIpc) is 3.18. The maximum atomic E-state index is 12.9. The zero-order valence-electron chi connectivity index (χ0n) is 18.0. The lowest BCUT2D eigenvalue weighted by molar-refractivity contribution is 0.0729. The molecule has 1 unspecified atom stereocenters. The van der Waals surface area contributed by atoms with Gasteiger partial charge in [0.05, 0.1) is 18.2 Å². The molecule has 0 bridgehead atoms. The van der Waals surface area contributed by atoms with Crippen LogP contribution in [0.3, 0.4) is 0 Å². The van der Waals surface area contributed by atoms with Crippen LogP contribution < -0.4 is 20.1 Å². The van der Waals surface area contributed by atoms with Crippen molar-refractivity contribution < 1.29 is 19.1 Å². The Morgan fingerprint density at radius 2 is 1.81 bits per heavy atom. The Hall–Kier alpha value is -3.32. The molecule has 5 rings (SSSR count). The Bertz CT molecular complexity index is 1200. The molecule has 1 amide bonds. The Balaban J connectivity index is 1.38. The number of rotatable bonds is 4. The number of anilines is 1. The van der Waals surface area contributed by atoms with Gasteiger partial charge in [-0.25, -0.2) is 4.79 Å². The molecule has 2 heterocycles. The molecule has 7 heteroatoms. The zero-order chi connectivity index (χ0) is 22.2. The quantitative estimate of drug-likeness (QED) is 0.433. The number of fused-ring (bicyclic) bond motifs is 3. The molecule has 1 aliphatic carbocycles. The Morgan fingerprint density at radius 1 is 1.03 bits per heavy atom. The van der Waals surface area contributed by atoms with Gasteiger partial charge < -0.3 is 20.1 Å². The van der Waals surface area contributed by atoms with Crippen molar-refractivity contribution in [1.29, 1.82) is 0 Å². The first-order valence-electron chi connectivity index (χ1n) is 10.7. The van der Waals surface area contributed by atoms with Gasteiger partial charge in [-0.05, 0) is 68.0 Å². The molecule has 2 N–H and O–H groups in total. The molecular weight excluding hydrogens is 424 g/mol. The van der Waals surface area contributed by atoms with Gasteiger partial charge in [0.25, 0.3) is 5.91 Å². The van der Waals surface area contributed by atoms with Gasteiger partial charge in [-0.3, -0.25) is 4.79 Å². The second-order valence-electron chi connectivity index (χ2n) is 8.13. The van der Waals surface area contributed by atoms with Crippen molar-refractivity contribution in [3.8, 4) is 11.5 Å². The van der Waals surface area contributed by atoms with Crippen LogP contribution in [0.2, 0.25) is 0 Å². The number of benzene rings is 2. The predicted molar refractivity (Wildman–Crippen MR) is 124 cm³/mol. The van der Waals surface area contributed by atoms with Gasteiger partial charge in [0, 0.05) is 4.88 Å². The summed E-state index contributed by atoms with van der Waals surface area (Å²) in [5.41, 5.74) is 4.37. The number of carbonyl (C=O) groups is 2. The Kier molecular flexibility index (Phi) is 5.35. The Labute approximate surface area is 190 Å². The van der Waals surface area contributed by atoms with Gasteiger partial charge in [-0.1, -0.05) is 23.8 Å². The SMILES string of the molecule is COc1cc(C2NC(=O)c3c(sc4c3CCCC4)N2)ccc1OC(=O)c1ccc(C)cc1. The van der Waals surface area contributed by atoms with Crippen molar-refractivity contribution in [1.82, 2.24) is 5.32 Å². The first-order valence-corrected chi connectivity index (χ1v) is 11.5. The molecule has 3 aromatic rings. The van der Waals surface area contributed by atoms with Gasteiger partial charge in [0.15, 0.2) is 11.5 Å². The van der Waals surface area contributed by atoms with Crippen molar-refractivity contribution in [3.63, 3.8) is 0 Å². The van der Waals surface area contributed by atoms with Gasteiger partial charge in [-0.15, -0.1) is 11.3 Å². The standard InChI is InChI=1S/C25H24N2O4S/c1-14-7-9-15(10-8-14)25(29)31-18-12-11-16(13-19(18)30-2)22-26-23(28)21-17-5-3-4-6-20(17)32-24(21)27-22/h7-13,22,27H,3-6H2,1-2H3,(H,26,28). The summed E-state index contributed by atoms with van der Waals surface area (Å²) in [6, 6.07) is 12.5. The van der Waals surface area contributed by atoms with Crippen LogP contribution in [0.1, 0.15) is 61.3 Å². The molecule has 0 fully saturated rings. The number of hydrogen-bond donors (Lipinski definition) is 2. The molecule has 1 aliphatic heterocycles. The van der Waals surface area contributed by atoms with Crippen LogP contribution >= 0.6 is 11.3 Å². The predicted octanol–water partition coefficient (Wildman–Crippen LogP) is 5.02. The van der Waals surface area contributed by atoms with Crippen LogP contribution in [-0.4, -0.2) is 19.0 Å². The van der Waals surface area contributed by atoms with E-state index in [1.165, 1.54) is 24.0 Å². The molecule has 0 saturated heterocycles. The lowest BCUT2D eigenvalue weighted by atomic mass is 9.94. The lowest BCUT2D eigenvalue weighted by Crippen LogP contribution is -2.38. The third kappa shape index (κ3) is 3.73. The van der Waals surface area contributed by atoms with Gasteiger partial charge in [-0.2, -0.15) is 0 Å². The van der Waals surface area contributed by atoms with Crippen molar-refractivity contribution >= 4 is 28.2 Å². The van der Waals surface area contributed by atoms with E-state index in [1.807, 2.05) is 25.1 Å². The summed E-state index contributed by atoms with van der Waals surface area (Å²) in [6.45, 7) is 1.96. The van der Waals surface area contributed by atoms with E-state index in [4.69, 9.17) is 9.47 Å². The fourth-order valence-electron chi connectivity index (χ4n) is 4.24. The first kappa shape index (κ1) is 20.6. The molecule has 0 spiro atoms. The third-order valence-corrected chi connectivity index (χ3v) is 7.18. The number of esters is 1. The summed E-state index contributed by atoms with van der Waals surface area (Å²) in [5.74, 6) is 0.262. The summed E-state index contributed by atoms with van der Waals surface area (Å²) in [7, 11) is 1.53. The summed E-state index contributed by atoms with van der Waals surface area (Å²) < 4.78 is 11.0. The van der Waals surface area contributed by atoms with Crippen LogP contribution in [-0.2, 0) is 12.8 Å². The number of carbonyl (C=O) groups excluding carboxylic acids is 2. The maximum absolute atomic E-state index is 12.9. The molecule has 6 nitrogen and oxygen atoms in total. The summed E-state index contributed by atoms with van der Waals surface area (Å²) in [6.07, 6.45) is 3.94. The van der Waals surface area contributed by atoms with Crippen LogP contribution in [0.15, 0.2) is 42.5 Å². The van der Waals surface area contributed by atoms with Crippen molar-refractivity contribution in [2.24, 2.45) is 0 Å². The topological polar surface area (TPSA) is 76.7 Å². The minimum Gasteiger partial charge on any atom is -0.493 e. The molecule has 2 aliphatic rings. The number of amides is 1. The second kappa shape index (κ2) is 8.31. The molecule has 0 radical (unpaired) electrons. The highest BCUT2D eigenvalue weighted by molar-refractivity contribution is 7.16. The van der Waals surface area contributed by atoms with E-state index in [0.29, 0.717) is 17.1 Å². The van der Waals surface area contributed by atoms with E-state index in [2.05, 4.69) is 10.6 Å². The number of nitrogens with one attached hydrogen (secondary N) is 2. The smallest absolute Gasteiger partial charge is 0.343 e. The van der Waals surface area contributed by atoms with E-state index in [1.54, 1.807) is 35.6 Å². The van der Waals surface area contributed by atoms with Crippen LogP contribution in [0.25, 0.3) is 0 Å². The molecule has 164 valence electrons. The Morgan fingerprint density at radius 3 is 2.59 bits per heavy atom. The minimum absolute atomic E-state index is 0.0445. The molecular formula is C25H24N2O4S. The second-order valence-corrected chi connectivity index (χ2v) is 9.24. The first-order chi connectivity index (χ1) is 15.5. The lowest BCUT2D eigenvalue weighted by Gasteiger charge is -2.27. The van der Waals surface area contributed by atoms with E-state index in [0.717, 1.165) is 41.0 Å². The van der Waals surface area contributed by atoms with Crippen molar-refractivity contribution in [2.75, 3.05) is 12.4 Å². The minimum atomic E-state index is -0.450. The summed E-state index contributed by atoms with van der Waals surface area (Å²) in [5, 5.41) is 7.46. The molecule has 1 aromatic heterocycles. The fraction of sp³-hybridized carbons (Fsp3) is 0.280. The van der Waals surface area contributed by atoms with Crippen LogP contribution in [0.4, 0.5) is 5.00 Å². The van der Waals surface area contributed by atoms with Crippen LogP contribution in [0, 0.1) is 6.92 Å². The highest BCUT2D eigenvalue weighted by atomic mass is 32.1. The third-order valence-electron chi connectivity index (χ3n) is 5.96. The van der Waals surface area contributed by atoms with E-state index >= 15 is 0 Å². The normalized spacial score (nSPS) is 16.9. The molecule has 2 aromatic carbocycles. The van der Waals surface area contributed by atoms with E-state index < -0.39 is 5.97 Å². The van der Waals surface area contributed by atoms with Crippen molar-refractivity contribution in [2.45, 2.75) is 38.8 Å². The maximum Gasteiger partial charge on any atom is 0.343 e. The highest BCUT2D eigenvalue weighted by Crippen LogP contribution is 2.42. The number of thiophene rings is 1. The fourth-order valence-corrected chi connectivity index (χ4v) is 5.56. The van der Waals surface area contributed by atoms with Gasteiger partial charge in [0.2, 0.25) is 0 Å². The average molecular weight is 449 g/mol. The van der Waals surface area contributed by atoms with Gasteiger partial charge in [0.1, 0.15) is 11.2 Å². The summed E-state index contributed by atoms with van der Waals surface area (Å²) in [4.78, 5) is 26.7. The number of methoxy groups -OCH3 is 1. The number of aryl methyl sites for hydroxylation is 2. The largest absolute Gasteiger partial charge is 0.493 e. The van der Waals surface area contributed by atoms with E-state index in [9.17, 15) is 9.59 Å². The molecule has 0 saturated carbocycles. The molecule has 1 atom stereocenters. The van der Waals surface area contributed by atoms with E-state index in [-0.39, 0.29) is 12.1 Å². The van der Waals surface area contributed by atoms with Crippen molar-refractivity contribution in [3.05, 3.63) is 75.2 Å². The summed E-state index contributed by atoms with van der Waals surface area (Å²) >= 11 is 1.69. The number of ether oxygens (including phenoxy) is 2. The monoisotopic (exact) mass is 448 g/mol. The zero-order valence-corrected chi connectivity index (χ0v) is 18.8. The van der Waals surface area contributed by atoms with Gasteiger partial charge >= 0.3 is 5.97 Å². The van der Waals surface area contributed by atoms with Crippen LogP contribution in [0.5, 0.6) is 11.5 Å². The molecule has 32 heavy (non-hydrogen) atoms. The highest BCUT2D eigenvalue weighted by Gasteiger charge is 2.32.